The molecule has 0 spiro atoms. The number of hydrogen-bond donors (Lipinski definition) is 1. The molecule has 0 aromatic heterocycles. The summed E-state index contributed by atoms with van der Waals surface area (Å²) in [5.41, 5.74) is 4.96. The van der Waals surface area contributed by atoms with Crippen LogP contribution in [0.3, 0.4) is 0 Å². The van der Waals surface area contributed by atoms with Gasteiger partial charge in [0, 0.05) is 29.9 Å². The van der Waals surface area contributed by atoms with Gasteiger partial charge in [-0.3, -0.25) is 4.79 Å². The lowest BCUT2D eigenvalue weighted by atomic mass is 9.76. The Bertz CT molecular complexity index is 969. The fourth-order valence-electron chi connectivity index (χ4n) is 3.61. The van der Waals surface area contributed by atoms with Crippen LogP contribution in [0.15, 0.2) is 53.4 Å². The highest BCUT2D eigenvalue weighted by Gasteiger charge is 2.40. The zero-order valence-corrected chi connectivity index (χ0v) is 18.3. The second kappa shape index (κ2) is 9.24. The van der Waals surface area contributed by atoms with Crippen molar-refractivity contribution in [1.29, 1.82) is 0 Å². The SMILES string of the molecule is COc1ccc(S(=O)(=O)N2CCC(COc3ccc(Cl)cc3)(CC(N)=O)CC2)cc1. The van der Waals surface area contributed by atoms with Gasteiger partial charge in [-0.2, -0.15) is 4.31 Å². The summed E-state index contributed by atoms with van der Waals surface area (Å²) in [7, 11) is -2.11. The van der Waals surface area contributed by atoms with Crippen LogP contribution >= 0.6 is 11.6 Å². The Balaban J connectivity index is 1.70. The Morgan fingerprint density at radius 2 is 1.63 bits per heavy atom. The average Bonchev–Trinajstić information content (AvgIpc) is 2.73. The third-order valence-corrected chi connectivity index (χ3v) is 7.55. The van der Waals surface area contributed by atoms with Crippen LogP contribution in [0.2, 0.25) is 5.02 Å². The van der Waals surface area contributed by atoms with E-state index in [9.17, 15) is 13.2 Å². The lowest BCUT2D eigenvalue weighted by Gasteiger charge is -2.40. The third kappa shape index (κ3) is 5.24. The van der Waals surface area contributed by atoms with Crippen LogP contribution in [0.25, 0.3) is 0 Å². The van der Waals surface area contributed by atoms with Crippen molar-refractivity contribution in [3.63, 3.8) is 0 Å². The molecule has 0 radical (unpaired) electrons. The Morgan fingerprint density at radius 3 is 2.17 bits per heavy atom. The van der Waals surface area contributed by atoms with Gasteiger partial charge in [-0.25, -0.2) is 8.42 Å². The van der Waals surface area contributed by atoms with E-state index in [-0.39, 0.29) is 31.0 Å². The van der Waals surface area contributed by atoms with E-state index in [1.54, 1.807) is 36.4 Å². The van der Waals surface area contributed by atoms with Crippen LogP contribution in [0.1, 0.15) is 19.3 Å². The largest absolute Gasteiger partial charge is 0.497 e. The number of primary amides is 1. The molecule has 0 atom stereocenters. The van der Waals surface area contributed by atoms with Gasteiger partial charge in [0.15, 0.2) is 0 Å². The molecule has 0 aliphatic carbocycles. The topological polar surface area (TPSA) is 98.9 Å². The van der Waals surface area contributed by atoms with Crippen LogP contribution in [0.4, 0.5) is 0 Å². The number of amides is 1. The van der Waals surface area contributed by atoms with Gasteiger partial charge in [-0.1, -0.05) is 11.6 Å². The Labute approximate surface area is 181 Å². The molecule has 162 valence electrons. The molecule has 30 heavy (non-hydrogen) atoms. The zero-order chi connectivity index (χ0) is 21.8. The van der Waals surface area contributed by atoms with Gasteiger partial charge in [0.05, 0.1) is 18.6 Å². The van der Waals surface area contributed by atoms with E-state index in [4.69, 9.17) is 26.8 Å². The first kappa shape index (κ1) is 22.4. The van der Waals surface area contributed by atoms with E-state index in [1.807, 2.05) is 0 Å². The number of piperidine rings is 1. The summed E-state index contributed by atoms with van der Waals surface area (Å²) in [6, 6.07) is 13.3. The minimum absolute atomic E-state index is 0.136. The Morgan fingerprint density at radius 1 is 1.07 bits per heavy atom. The summed E-state index contributed by atoms with van der Waals surface area (Å²) >= 11 is 5.90. The molecule has 0 unspecified atom stereocenters. The minimum Gasteiger partial charge on any atom is -0.497 e. The molecule has 2 aromatic rings. The number of benzene rings is 2. The number of ether oxygens (including phenoxy) is 2. The molecule has 1 heterocycles. The highest BCUT2D eigenvalue weighted by atomic mass is 35.5. The van der Waals surface area contributed by atoms with Crippen LogP contribution < -0.4 is 15.2 Å². The molecule has 1 aliphatic rings. The van der Waals surface area contributed by atoms with E-state index in [2.05, 4.69) is 0 Å². The van der Waals surface area contributed by atoms with E-state index in [0.29, 0.717) is 29.4 Å². The summed E-state index contributed by atoms with van der Waals surface area (Å²) in [5, 5.41) is 0.603. The van der Waals surface area contributed by atoms with Crippen molar-refractivity contribution in [2.24, 2.45) is 11.1 Å². The first-order valence-corrected chi connectivity index (χ1v) is 11.4. The fourth-order valence-corrected chi connectivity index (χ4v) is 5.17. The number of carbonyl (C=O) groups excluding carboxylic acids is 1. The van der Waals surface area contributed by atoms with Gasteiger partial charge < -0.3 is 15.2 Å². The molecule has 2 N–H and O–H groups in total. The molecule has 3 rings (SSSR count). The second-order valence-corrected chi connectivity index (χ2v) is 9.84. The second-order valence-electron chi connectivity index (χ2n) is 7.47. The average molecular weight is 453 g/mol. The maximum atomic E-state index is 13.0. The number of halogens is 1. The molecule has 1 aliphatic heterocycles. The van der Waals surface area contributed by atoms with Crippen LogP contribution in [-0.4, -0.2) is 45.4 Å². The lowest BCUT2D eigenvalue weighted by Crippen LogP contribution is -2.47. The summed E-state index contributed by atoms with van der Waals surface area (Å²) < 4.78 is 38.4. The number of carbonyl (C=O) groups is 1. The number of nitrogens with zero attached hydrogens (tertiary/aromatic N) is 1. The van der Waals surface area contributed by atoms with Crippen molar-refractivity contribution in [2.45, 2.75) is 24.2 Å². The first-order chi connectivity index (χ1) is 14.2. The summed E-state index contributed by atoms with van der Waals surface area (Å²) in [6.45, 7) is 0.839. The quantitative estimate of drug-likeness (QED) is 0.663. The molecule has 0 saturated carbocycles. The normalized spacial score (nSPS) is 16.7. The predicted molar refractivity (Wildman–Crippen MR) is 114 cm³/mol. The Kier molecular flexibility index (Phi) is 6.90. The highest BCUT2D eigenvalue weighted by molar-refractivity contribution is 7.89. The van der Waals surface area contributed by atoms with Crippen molar-refractivity contribution < 1.29 is 22.7 Å². The maximum absolute atomic E-state index is 13.0. The van der Waals surface area contributed by atoms with Gasteiger partial charge in [-0.15, -0.1) is 0 Å². The van der Waals surface area contributed by atoms with Crippen LogP contribution in [-0.2, 0) is 14.8 Å². The van der Waals surface area contributed by atoms with Gasteiger partial charge in [0.1, 0.15) is 11.5 Å². The number of methoxy groups -OCH3 is 1. The molecular formula is C21H25ClN2O5S. The molecular weight excluding hydrogens is 428 g/mol. The maximum Gasteiger partial charge on any atom is 0.243 e. The van der Waals surface area contributed by atoms with Gasteiger partial charge >= 0.3 is 0 Å². The molecule has 1 amide bonds. The van der Waals surface area contributed by atoms with Crippen molar-refractivity contribution in [1.82, 2.24) is 4.31 Å². The van der Waals surface area contributed by atoms with Gasteiger partial charge in [0.2, 0.25) is 15.9 Å². The van der Waals surface area contributed by atoms with Crippen molar-refractivity contribution in [2.75, 3.05) is 26.8 Å². The number of nitrogens with two attached hydrogens (primary N) is 1. The third-order valence-electron chi connectivity index (χ3n) is 5.39. The monoisotopic (exact) mass is 452 g/mol. The lowest BCUT2D eigenvalue weighted by molar-refractivity contribution is -0.121. The van der Waals surface area contributed by atoms with E-state index in [0.717, 1.165) is 0 Å². The van der Waals surface area contributed by atoms with Crippen molar-refractivity contribution >= 4 is 27.5 Å². The molecule has 9 heteroatoms. The van der Waals surface area contributed by atoms with E-state index >= 15 is 0 Å². The van der Waals surface area contributed by atoms with E-state index < -0.39 is 21.3 Å². The number of sulfonamides is 1. The molecule has 0 bridgehead atoms. The van der Waals surface area contributed by atoms with Gasteiger partial charge in [-0.05, 0) is 61.4 Å². The van der Waals surface area contributed by atoms with Crippen molar-refractivity contribution in [3.8, 4) is 11.5 Å². The molecule has 2 aromatic carbocycles. The number of rotatable bonds is 8. The van der Waals surface area contributed by atoms with Crippen LogP contribution in [0, 0.1) is 5.41 Å². The molecule has 1 saturated heterocycles. The van der Waals surface area contributed by atoms with Crippen LogP contribution in [0.5, 0.6) is 11.5 Å². The molecule has 7 nitrogen and oxygen atoms in total. The highest BCUT2D eigenvalue weighted by Crippen LogP contribution is 2.37. The summed E-state index contributed by atoms with van der Waals surface area (Å²) in [4.78, 5) is 11.9. The van der Waals surface area contributed by atoms with Gasteiger partial charge in [0.25, 0.3) is 0 Å². The minimum atomic E-state index is -3.63. The summed E-state index contributed by atoms with van der Waals surface area (Å²) in [5.74, 6) is 0.796. The summed E-state index contributed by atoms with van der Waals surface area (Å²) in [6.07, 6.45) is 1.08. The smallest absolute Gasteiger partial charge is 0.243 e. The van der Waals surface area contributed by atoms with Crippen molar-refractivity contribution in [3.05, 3.63) is 53.6 Å². The predicted octanol–water partition coefficient (Wildman–Crippen LogP) is 3.07. The zero-order valence-electron chi connectivity index (χ0n) is 16.7. The Hall–Kier alpha value is -2.29. The van der Waals surface area contributed by atoms with E-state index in [1.165, 1.54) is 23.5 Å². The standard InChI is InChI=1S/C21H25ClN2O5S/c1-28-17-6-8-19(9-7-17)30(26,27)24-12-10-21(11-13-24,14-20(23)25)15-29-18-4-2-16(22)3-5-18/h2-9H,10-15H2,1H3,(H2,23,25). The fraction of sp³-hybridized carbons (Fsp3) is 0.381. The molecule has 1 fully saturated rings. The first-order valence-electron chi connectivity index (χ1n) is 9.55. The number of hydrogen-bond acceptors (Lipinski definition) is 5.